The van der Waals surface area contributed by atoms with Crippen molar-refractivity contribution in [2.75, 3.05) is 0 Å². The zero-order chi connectivity index (χ0) is 8.97. The van der Waals surface area contributed by atoms with Gasteiger partial charge in [0.15, 0.2) is 0 Å². The summed E-state index contributed by atoms with van der Waals surface area (Å²) in [5.41, 5.74) is 2.32. The van der Waals surface area contributed by atoms with E-state index in [1.807, 2.05) is 23.6 Å². The molecule has 1 heterocycles. The van der Waals surface area contributed by atoms with Gasteiger partial charge in [-0.15, -0.1) is 6.42 Å². The van der Waals surface area contributed by atoms with Crippen molar-refractivity contribution in [2.45, 2.75) is 13.5 Å². The first-order valence-corrected chi connectivity index (χ1v) is 4.44. The monoisotopic (exact) mass is 179 g/mol. The number of amides is 1. The highest BCUT2D eigenvalue weighted by Gasteiger charge is 1.99. The van der Waals surface area contributed by atoms with Gasteiger partial charge in [0.05, 0.1) is 0 Å². The third-order valence-corrected chi connectivity index (χ3v) is 2.44. The summed E-state index contributed by atoms with van der Waals surface area (Å²) in [6, 6.07) is 0. The first kappa shape index (κ1) is 8.82. The minimum atomic E-state index is -0.361. The summed E-state index contributed by atoms with van der Waals surface area (Å²) in [5.74, 6) is 1.64. The van der Waals surface area contributed by atoms with Crippen molar-refractivity contribution in [3.8, 4) is 12.3 Å². The molecule has 0 aliphatic carbocycles. The second-order valence-corrected chi connectivity index (χ2v) is 3.15. The van der Waals surface area contributed by atoms with Crippen LogP contribution in [0.15, 0.2) is 10.8 Å². The van der Waals surface area contributed by atoms with Crippen LogP contribution in [0.4, 0.5) is 0 Å². The van der Waals surface area contributed by atoms with Crippen LogP contribution in [0.5, 0.6) is 0 Å². The summed E-state index contributed by atoms with van der Waals surface area (Å²) in [4.78, 5) is 10.7. The maximum Gasteiger partial charge on any atom is 0.295 e. The number of carbonyl (C=O) groups is 1. The third kappa shape index (κ3) is 2.11. The molecule has 3 heteroatoms. The van der Waals surface area contributed by atoms with Gasteiger partial charge in [0.1, 0.15) is 0 Å². The predicted octanol–water partition coefficient (Wildman–Crippen LogP) is 1.31. The largest absolute Gasteiger partial charge is 0.341 e. The predicted molar refractivity (Wildman–Crippen MR) is 49.7 cm³/mol. The van der Waals surface area contributed by atoms with Gasteiger partial charge in [-0.1, -0.05) is 0 Å². The molecule has 0 atom stereocenters. The fraction of sp³-hybridized carbons (Fsp3) is 0.222. The molecule has 1 amide bonds. The molecule has 0 fully saturated rings. The number of carbonyl (C=O) groups excluding carboxylic acids is 1. The second kappa shape index (κ2) is 3.93. The van der Waals surface area contributed by atoms with E-state index in [4.69, 9.17) is 6.42 Å². The lowest BCUT2D eigenvalue weighted by atomic mass is 10.2. The molecule has 1 N–H and O–H groups in total. The van der Waals surface area contributed by atoms with Gasteiger partial charge in [-0.25, -0.2) is 0 Å². The van der Waals surface area contributed by atoms with Gasteiger partial charge in [0, 0.05) is 6.54 Å². The fourth-order valence-corrected chi connectivity index (χ4v) is 1.65. The molecule has 0 aliphatic heterocycles. The Hall–Kier alpha value is -1.27. The van der Waals surface area contributed by atoms with E-state index < -0.39 is 0 Å². The van der Waals surface area contributed by atoms with Crippen LogP contribution in [0.1, 0.15) is 11.1 Å². The van der Waals surface area contributed by atoms with E-state index in [1.165, 1.54) is 5.56 Å². The standard InChI is InChI=1S/C9H9NOS/c1-3-9(11)10-4-8-6-12-5-7(8)2/h1,5-6H,4H2,2H3,(H,10,11). The molecule has 0 unspecified atom stereocenters. The number of thiophene rings is 1. The maximum atomic E-state index is 10.7. The lowest BCUT2D eigenvalue weighted by molar-refractivity contribution is -0.115. The van der Waals surface area contributed by atoms with E-state index in [2.05, 4.69) is 5.32 Å². The number of rotatable bonds is 2. The van der Waals surface area contributed by atoms with Gasteiger partial charge in [-0.05, 0) is 34.7 Å². The van der Waals surface area contributed by atoms with Crippen molar-refractivity contribution < 1.29 is 4.79 Å². The topological polar surface area (TPSA) is 29.1 Å². The highest BCUT2D eigenvalue weighted by Crippen LogP contribution is 2.12. The molecule has 12 heavy (non-hydrogen) atoms. The van der Waals surface area contributed by atoms with Crippen molar-refractivity contribution in [1.82, 2.24) is 5.32 Å². The number of hydrogen-bond donors (Lipinski definition) is 1. The Labute approximate surface area is 75.6 Å². The van der Waals surface area contributed by atoms with Crippen LogP contribution in [0.3, 0.4) is 0 Å². The normalized spacial score (nSPS) is 9.00. The van der Waals surface area contributed by atoms with Crippen molar-refractivity contribution in [3.05, 3.63) is 21.9 Å². The van der Waals surface area contributed by atoms with Crippen LogP contribution in [0.25, 0.3) is 0 Å². The number of hydrogen-bond acceptors (Lipinski definition) is 2. The zero-order valence-electron chi connectivity index (χ0n) is 6.76. The molecule has 0 aromatic carbocycles. The van der Waals surface area contributed by atoms with Crippen LogP contribution in [-0.4, -0.2) is 5.91 Å². The van der Waals surface area contributed by atoms with E-state index >= 15 is 0 Å². The summed E-state index contributed by atoms with van der Waals surface area (Å²) in [6.07, 6.45) is 4.89. The number of terminal acetylenes is 1. The summed E-state index contributed by atoms with van der Waals surface area (Å²) in [7, 11) is 0. The Morgan fingerprint density at radius 1 is 1.75 bits per heavy atom. The first-order chi connectivity index (χ1) is 5.74. The van der Waals surface area contributed by atoms with E-state index in [0.29, 0.717) is 6.54 Å². The molecule has 2 nitrogen and oxygen atoms in total. The average molecular weight is 179 g/mol. The SMILES string of the molecule is C#CC(=O)NCc1cscc1C. The van der Waals surface area contributed by atoms with E-state index in [0.717, 1.165) is 5.56 Å². The molecular weight excluding hydrogens is 170 g/mol. The minimum Gasteiger partial charge on any atom is -0.341 e. The Morgan fingerprint density at radius 2 is 2.50 bits per heavy atom. The molecule has 0 aliphatic rings. The van der Waals surface area contributed by atoms with Gasteiger partial charge >= 0.3 is 0 Å². The van der Waals surface area contributed by atoms with Crippen molar-refractivity contribution in [1.29, 1.82) is 0 Å². The van der Waals surface area contributed by atoms with Crippen molar-refractivity contribution in [2.24, 2.45) is 0 Å². The number of aryl methyl sites for hydroxylation is 1. The summed E-state index contributed by atoms with van der Waals surface area (Å²) in [5, 5.41) is 6.65. The summed E-state index contributed by atoms with van der Waals surface area (Å²) >= 11 is 1.62. The molecule has 1 aromatic heterocycles. The minimum absolute atomic E-state index is 0.361. The van der Waals surface area contributed by atoms with E-state index in [1.54, 1.807) is 11.3 Å². The molecular formula is C9H9NOS. The Balaban J connectivity index is 2.50. The van der Waals surface area contributed by atoms with Crippen molar-refractivity contribution >= 4 is 17.2 Å². The maximum absolute atomic E-state index is 10.7. The lowest BCUT2D eigenvalue weighted by Crippen LogP contribution is -2.20. The smallest absolute Gasteiger partial charge is 0.295 e. The highest BCUT2D eigenvalue weighted by molar-refractivity contribution is 7.08. The number of nitrogens with one attached hydrogen (secondary N) is 1. The van der Waals surface area contributed by atoms with Crippen LogP contribution in [-0.2, 0) is 11.3 Å². The molecule has 0 radical (unpaired) electrons. The molecule has 0 saturated heterocycles. The third-order valence-electron chi connectivity index (χ3n) is 1.53. The Kier molecular flexibility index (Phi) is 2.89. The molecule has 1 rings (SSSR count). The van der Waals surface area contributed by atoms with Gasteiger partial charge in [-0.3, -0.25) is 4.79 Å². The van der Waals surface area contributed by atoms with Crippen LogP contribution >= 0.6 is 11.3 Å². The average Bonchev–Trinajstić information content (AvgIpc) is 2.47. The lowest BCUT2D eigenvalue weighted by Gasteiger charge is -1.99. The highest BCUT2D eigenvalue weighted by atomic mass is 32.1. The molecule has 62 valence electrons. The Morgan fingerprint density at radius 3 is 3.00 bits per heavy atom. The van der Waals surface area contributed by atoms with Gasteiger partial charge < -0.3 is 5.32 Å². The van der Waals surface area contributed by atoms with Crippen LogP contribution < -0.4 is 5.32 Å². The van der Waals surface area contributed by atoms with Crippen LogP contribution in [0.2, 0.25) is 0 Å². The molecule has 1 aromatic rings. The quantitative estimate of drug-likeness (QED) is 0.681. The fourth-order valence-electron chi connectivity index (χ4n) is 0.794. The Bertz CT molecular complexity index is 322. The van der Waals surface area contributed by atoms with Crippen molar-refractivity contribution in [3.63, 3.8) is 0 Å². The van der Waals surface area contributed by atoms with Crippen LogP contribution in [0, 0.1) is 19.3 Å². The molecule has 0 bridgehead atoms. The van der Waals surface area contributed by atoms with E-state index in [9.17, 15) is 4.79 Å². The first-order valence-electron chi connectivity index (χ1n) is 3.50. The molecule has 0 saturated carbocycles. The van der Waals surface area contributed by atoms with Gasteiger partial charge in [0.25, 0.3) is 5.91 Å². The van der Waals surface area contributed by atoms with Gasteiger partial charge in [0.2, 0.25) is 0 Å². The second-order valence-electron chi connectivity index (χ2n) is 2.41. The van der Waals surface area contributed by atoms with E-state index in [-0.39, 0.29) is 5.91 Å². The zero-order valence-corrected chi connectivity index (χ0v) is 7.57. The summed E-state index contributed by atoms with van der Waals surface area (Å²) < 4.78 is 0. The van der Waals surface area contributed by atoms with Gasteiger partial charge in [-0.2, -0.15) is 11.3 Å². The molecule has 0 spiro atoms. The summed E-state index contributed by atoms with van der Waals surface area (Å²) in [6.45, 7) is 2.53.